The first-order chi connectivity index (χ1) is 9.10. The molecule has 100 valence electrons. The van der Waals surface area contributed by atoms with Crippen molar-refractivity contribution in [2.45, 2.75) is 19.4 Å². The van der Waals surface area contributed by atoms with Gasteiger partial charge in [-0.3, -0.25) is 4.98 Å². The van der Waals surface area contributed by atoms with Crippen LogP contribution in [0.4, 0.5) is 0 Å². The Morgan fingerprint density at radius 3 is 2.79 bits per heavy atom. The molecule has 0 saturated carbocycles. The lowest BCUT2D eigenvalue weighted by Gasteiger charge is -2.14. The lowest BCUT2D eigenvalue weighted by atomic mass is 10.0. The Balaban J connectivity index is 2.23. The molecule has 3 nitrogen and oxygen atoms in total. The van der Waals surface area contributed by atoms with Crippen LogP contribution >= 0.6 is 11.6 Å². The van der Waals surface area contributed by atoms with Crippen LogP contribution in [0.2, 0.25) is 5.02 Å². The number of rotatable bonds is 4. The van der Waals surface area contributed by atoms with Gasteiger partial charge in [-0.2, -0.15) is 0 Å². The molecule has 1 aromatic carbocycles. The fraction of sp³-hybridized carbons (Fsp3) is 0.267. The minimum absolute atomic E-state index is 0.452. The van der Waals surface area contributed by atoms with Gasteiger partial charge in [0.05, 0.1) is 13.2 Å². The molecular formula is C15H16ClNO2. The van der Waals surface area contributed by atoms with E-state index < -0.39 is 6.10 Å². The van der Waals surface area contributed by atoms with Crippen molar-refractivity contribution in [2.24, 2.45) is 0 Å². The Morgan fingerprint density at radius 1 is 1.32 bits per heavy atom. The summed E-state index contributed by atoms with van der Waals surface area (Å²) in [5.74, 6) is 0.731. The molecule has 1 heterocycles. The van der Waals surface area contributed by atoms with Gasteiger partial charge in [-0.25, -0.2) is 0 Å². The SMILES string of the molecule is COc1ccc(Cl)cc1CC(O)c1ccnc(C)c1. The molecule has 1 atom stereocenters. The van der Waals surface area contributed by atoms with Crippen molar-refractivity contribution in [1.82, 2.24) is 4.98 Å². The smallest absolute Gasteiger partial charge is 0.122 e. The molecule has 0 saturated heterocycles. The summed E-state index contributed by atoms with van der Waals surface area (Å²) in [6.07, 6.45) is 1.55. The van der Waals surface area contributed by atoms with Gasteiger partial charge in [0.25, 0.3) is 0 Å². The summed E-state index contributed by atoms with van der Waals surface area (Å²) in [7, 11) is 1.61. The van der Waals surface area contributed by atoms with E-state index in [-0.39, 0.29) is 0 Å². The van der Waals surface area contributed by atoms with Crippen molar-refractivity contribution >= 4 is 11.6 Å². The number of ether oxygens (including phenoxy) is 1. The number of aryl methyl sites for hydroxylation is 1. The maximum atomic E-state index is 10.3. The second-order valence-electron chi connectivity index (χ2n) is 4.41. The highest BCUT2D eigenvalue weighted by molar-refractivity contribution is 6.30. The van der Waals surface area contributed by atoms with Crippen LogP contribution in [0.3, 0.4) is 0 Å². The summed E-state index contributed by atoms with van der Waals surface area (Å²) >= 11 is 5.98. The predicted molar refractivity (Wildman–Crippen MR) is 75.6 cm³/mol. The van der Waals surface area contributed by atoms with Gasteiger partial charge < -0.3 is 9.84 Å². The number of pyridine rings is 1. The van der Waals surface area contributed by atoms with Crippen LogP contribution in [0.25, 0.3) is 0 Å². The van der Waals surface area contributed by atoms with Gasteiger partial charge in [0, 0.05) is 23.3 Å². The van der Waals surface area contributed by atoms with E-state index in [0.717, 1.165) is 22.6 Å². The van der Waals surface area contributed by atoms with Crippen LogP contribution in [0.5, 0.6) is 5.75 Å². The van der Waals surface area contributed by atoms with Gasteiger partial charge in [0.15, 0.2) is 0 Å². The number of aliphatic hydroxyl groups excluding tert-OH is 1. The number of methoxy groups -OCH3 is 1. The minimum Gasteiger partial charge on any atom is -0.496 e. The topological polar surface area (TPSA) is 42.4 Å². The second kappa shape index (κ2) is 6.04. The molecule has 1 unspecified atom stereocenters. The first-order valence-electron chi connectivity index (χ1n) is 6.03. The van der Waals surface area contributed by atoms with Crippen LogP contribution in [0, 0.1) is 6.92 Å². The van der Waals surface area contributed by atoms with E-state index in [4.69, 9.17) is 16.3 Å². The zero-order chi connectivity index (χ0) is 13.8. The number of nitrogens with zero attached hydrogens (tertiary/aromatic N) is 1. The maximum absolute atomic E-state index is 10.3. The lowest BCUT2D eigenvalue weighted by molar-refractivity contribution is 0.177. The summed E-state index contributed by atoms with van der Waals surface area (Å²) < 4.78 is 5.28. The minimum atomic E-state index is -0.603. The lowest BCUT2D eigenvalue weighted by Crippen LogP contribution is -2.04. The third-order valence-corrected chi connectivity index (χ3v) is 3.20. The van der Waals surface area contributed by atoms with Crippen molar-refractivity contribution in [3.63, 3.8) is 0 Å². The van der Waals surface area contributed by atoms with Gasteiger partial charge in [-0.05, 0) is 48.4 Å². The second-order valence-corrected chi connectivity index (χ2v) is 4.84. The molecule has 19 heavy (non-hydrogen) atoms. The van der Waals surface area contributed by atoms with Gasteiger partial charge in [0.1, 0.15) is 5.75 Å². The van der Waals surface area contributed by atoms with Crippen LogP contribution in [-0.2, 0) is 6.42 Å². The monoisotopic (exact) mass is 277 g/mol. The molecule has 0 fully saturated rings. The van der Waals surface area contributed by atoms with Gasteiger partial charge in [0.2, 0.25) is 0 Å². The zero-order valence-electron chi connectivity index (χ0n) is 10.9. The Bertz CT molecular complexity index is 572. The third-order valence-electron chi connectivity index (χ3n) is 2.96. The van der Waals surface area contributed by atoms with E-state index in [9.17, 15) is 5.11 Å². The summed E-state index contributed by atoms with van der Waals surface area (Å²) in [4.78, 5) is 4.12. The highest BCUT2D eigenvalue weighted by Crippen LogP contribution is 2.27. The first kappa shape index (κ1) is 13.8. The van der Waals surface area contributed by atoms with E-state index in [1.807, 2.05) is 31.2 Å². The fourth-order valence-corrected chi connectivity index (χ4v) is 2.20. The summed E-state index contributed by atoms with van der Waals surface area (Å²) in [5.41, 5.74) is 2.61. The molecule has 0 aliphatic heterocycles. The molecule has 2 rings (SSSR count). The first-order valence-corrected chi connectivity index (χ1v) is 6.41. The van der Waals surface area contributed by atoms with Crippen molar-refractivity contribution < 1.29 is 9.84 Å². The van der Waals surface area contributed by atoms with Crippen LogP contribution in [-0.4, -0.2) is 17.2 Å². The highest BCUT2D eigenvalue weighted by Gasteiger charge is 2.13. The van der Waals surface area contributed by atoms with Gasteiger partial charge in [-0.15, -0.1) is 0 Å². The largest absolute Gasteiger partial charge is 0.496 e. The van der Waals surface area contributed by atoms with Crippen LogP contribution < -0.4 is 4.74 Å². The molecule has 2 aromatic rings. The van der Waals surface area contributed by atoms with Crippen LogP contribution in [0.15, 0.2) is 36.5 Å². The van der Waals surface area contributed by atoms with E-state index in [0.29, 0.717) is 11.4 Å². The van der Waals surface area contributed by atoms with Gasteiger partial charge >= 0.3 is 0 Å². The molecule has 4 heteroatoms. The molecule has 1 aromatic heterocycles. The summed E-state index contributed by atoms with van der Waals surface area (Å²) in [6, 6.07) is 9.09. The Morgan fingerprint density at radius 2 is 2.11 bits per heavy atom. The van der Waals surface area contributed by atoms with Crippen molar-refractivity contribution in [3.05, 3.63) is 58.4 Å². The summed E-state index contributed by atoms with van der Waals surface area (Å²) in [6.45, 7) is 1.90. The maximum Gasteiger partial charge on any atom is 0.122 e. The zero-order valence-corrected chi connectivity index (χ0v) is 11.7. The number of hydrogen-bond donors (Lipinski definition) is 1. The van der Waals surface area contributed by atoms with Crippen LogP contribution in [0.1, 0.15) is 22.9 Å². The average molecular weight is 278 g/mol. The Kier molecular flexibility index (Phi) is 4.40. The Labute approximate surface area is 117 Å². The molecule has 1 N–H and O–H groups in total. The quantitative estimate of drug-likeness (QED) is 0.932. The fourth-order valence-electron chi connectivity index (χ4n) is 2.01. The van der Waals surface area contributed by atoms with E-state index in [2.05, 4.69) is 4.98 Å². The molecular weight excluding hydrogens is 262 g/mol. The molecule has 0 spiro atoms. The number of aliphatic hydroxyl groups is 1. The number of halogens is 1. The number of benzene rings is 1. The van der Waals surface area contributed by atoms with Gasteiger partial charge in [-0.1, -0.05) is 11.6 Å². The van der Waals surface area contributed by atoms with Crippen molar-refractivity contribution in [3.8, 4) is 5.75 Å². The number of aromatic nitrogens is 1. The third kappa shape index (κ3) is 3.46. The molecule has 0 aliphatic carbocycles. The van der Waals surface area contributed by atoms with E-state index in [1.165, 1.54) is 0 Å². The standard InChI is InChI=1S/C15H16ClNO2/c1-10-7-11(5-6-17-10)14(18)9-12-8-13(16)3-4-15(12)19-2/h3-8,14,18H,9H2,1-2H3. The Hall–Kier alpha value is -1.58. The number of hydrogen-bond acceptors (Lipinski definition) is 3. The highest BCUT2D eigenvalue weighted by atomic mass is 35.5. The summed E-state index contributed by atoms with van der Waals surface area (Å²) in [5, 5.41) is 10.9. The van der Waals surface area contributed by atoms with E-state index >= 15 is 0 Å². The normalized spacial score (nSPS) is 12.2. The van der Waals surface area contributed by atoms with Crippen molar-refractivity contribution in [1.29, 1.82) is 0 Å². The average Bonchev–Trinajstić information content (AvgIpc) is 2.39. The molecule has 0 radical (unpaired) electrons. The van der Waals surface area contributed by atoms with E-state index in [1.54, 1.807) is 19.4 Å². The molecule has 0 aliphatic rings. The molecule has 0 bridgehead atoms. The van der Waals surface area contributed by atoms with Crippen molar-refractivity contribution in [2.75, 3.05) is 7.11 Å². The molecule has 0 amide bonds. The predicted octanol–water partition coefficient (Wildman–Crippen LogP) is 3.33.